The van der Waals surface area contributed by atoms with Gasteiger partial charge in [-0.25, -0.2) is 0 Å². The highest BCUT2D eigenvalue weighted by atomic mass is 16.8. The van der Waals surface area contributed by atoms with Crippen LogP contribution in [0.4, 0.5) is 0 Å². The summed E-state index contributed by atoms with van der Waals surface area (Å²) < 4.78 is 14.8. The van der Waals surface area contributed by atoms with Gasteiger partial charge >= 0.3 is 0 Å². The predicted molar refractivity (Wildman–Crippen MR) is 63.8 cm³/mol. The molecular formula is C11H20O11. The molecule has 2 aliphatic heterocycles. The van der Waals surface area contributed by atoms with E-state index < -0.39 is 68.2 Å². The maximum atomic E-state index is 9.77. The third kappa shape index (κ3) is 3.25. The molecule has 2 fully saturated rings. The van der Waals surface area contributed by atoms with Crippen LogP contribution in [0.2, 0.25) is 0 Å². The Morgan fingerprint density at radius 1 is 0.636 bits per heavy atom. The smallest absolute Gasteiger partial charge is 0.192 e. The Balaban J connectivity index is 2.05. The van der Waals surface area contributed by atoms with Gasteiger partial charge in [0, 0.05) is 0 Å². The molecular weight excluding hydrogens is 308 g/mol. The van der Waals surface area contributed by atoms with Crippen LogP contribution in [0.1, 0.15) is 0 Å². The van der Waals surface area contributed by atoms with Crippen LogP contribution in [-0.4, -0.2) is 109 Å². The first kappa shape index (κ1) is 17.9. The Kier molecular flexibility index (Phi) is 5.68. The molecule has 22 heavy (non-hydrogen) atoms. The van der Waals surface area contributed by atoms with Gasteiger partial charge < -0.3 is 55.1 Å². The van der Waals surface area contributed by atoms with E-state index in [4.69, 9.17) is 19.3 Å². The lowest BCUT2D eigenvalue weighted by Gasteiger charge is -2.43. The third-order valence-electron chi connectivity index (χ3n) is 3.66. The van der Waals surface area contributed by atoms with Gasteiger partial charge in [-0.1, -0.05) is 0 Å². The highest BCUT2D eigenvalue weighted by Crippen LogP contribution is 2.27. The van der Waals surface area contributed by atoms with Crippen LogP contribution in [0.3, 0.4) is 0 Å². The van der Waals surface area contributed by atoms with Gasteiger partial charge in [-0.2, -0.15) is 0 Å². The summed E-state index contributed by atoms with van der Waals surface area (Å²) in [4.78, 5) is 0. The zero-order valence-electron chi connectivity index (χ0n) is 11.3. The lowest BCUT2D eigenvalue weighted by molar-refractivity contribution is -0.394. The van der Waals surface area contributed by atoms with E-state index in [0.717, 1.165) is 0 Å². The van der Waals surface area contributed by atoms with Gasteiger partial charge in [0.1, 0.15) is 42.7 Å². The number of ether oxygens (including phenoxy) is 3. The number of hydrogen-bond acceptors (Lipinski definition) is 11. The van der Waals surface area contributed by atoms with Gasteiger partial charge in [-0.3, -0.25) is 0 Å². The van der Waals surface area contributed by atoms with Crippen molar-refractivity contribution in [3.05, 3.63) is 0 Å². The lowest BCUT2D eigenvalue weighted by Crippen LogP contribution is -2.63. The Labute approximate surface area is 124 Å². The summed E-state index contributed by atoms with van der Waals surface area (Å²) in [6, 6.07) is 0. The lowest BCUT2D eigenvalue weighted by atomic mass is 9.99. The fraction of sp³-hybridized carbons (Fsp3) is 1.00. The topological polar surface area (TPSA) is 190 Å². The van der Waals surface area contributed by atoms with Gasteiger partial charge in [0.25, 0.3) is 0 Å². The Hall–Kier alpha value is -0.440. The van der Waals surface area contributed by atoms with Crippen molar-refractivity contribution in [2.75, 3.05) is 6.61 Å². The minimum Gasteiger partial charge on any atom is -0.394 e. The zero-order valence-corrected chi connectivity index (χ0v) is 11.3. The van der Waals surface area contributed by atoms with E-state index in [9.17, 15) is 35.7 Å². The fourth-order valence-corrected chi connectivity index (χ4v) is 2.25. The molecule has 11 nitrogen and oxygen atoms in total. The Morgan fingerprint density at radius 2 is 1.14 bits per heavy atom. The van der Waals surface area contributed by atoms with Crippen molar-refractivity contribution in [2.24, 2.45) is 0 Å². The van der Waals surface area contributed by atoms with Crippen LogP contribution in [0.5, 0.6) is 0 Å². The van der Waals surface area contributed by atoms with Crippen LogP contribution in [-0.2, 0) is 14.2 Å². The highest BCUT2D eigenvalue weighted by Gasteiger charge is 2.49. The monoisotopic (exact) mass is 328 g/mol. The summed E-state index contributed by atoms with van der Waals surface area (Å²) >= 11 is 0. The summed E-state index contributed by atoms with van der Waals surface area (Å²) in [7, 11) is 0. The molecule has 0 radical (unpaired) electrons. The molecule has 10 atom stereocenters. The molecule has 2 saturated heterocycles. The van der Waals surface area contributed by atoms with Crippen molar-refractivity contribution in [1.82, 2.24) is 0 Å². The van der Waals surface area contributed by atoms with E-state index in [2.05, 4.69) is 0 Å². The second-order valence-corrected chi connectivity index (χ2v) is 5.20. The minimum atomic E-state index is -1.85. The molecule has 130 valence electrons. The average molecular weight is 328 g/mol. The first-order valence-corrected chi connectivity index (χ1v) is 6.61. The summed E-state index contributed by atoms with van der Waals surface area (Å²) in [6.07, 6.45) is -16.7. The second-order valence-electron chi connectivity index (χ2n) is 5.20. The number of hydrogen-bond donors (Lipinski definition) is 8. The van der Waals surface area contributed by atoms with Gasteiger partial charge in [0.2, 0.25) is 0 Å². The zero-order chi connectivity index (χ0) is 16.6. The van der Waals surface area contributed by atoms with E-state index in [1.165, 1.54) is 0 Å². The molecule has 1 unspecified atom stereocenters. The van der Waals surface area contributed by atoms with Crippen LogP contribution < -0.4 is 0 Å². The highest BCUT2D eigenvalue weighted by molar-refractivity contribution is 4.90. The molecule has 2 heterocycles. The summed E-state index contributed by atoms with van der Waals surface area (Å²) in [5, 5.41) is 75.9. The average Bonchev–Trinajstić information content (AvgIpc) is 2.50. The molecule has 0 saturated carbocycles. The fourth-order valence-electron chi connectivity index (χ4n) is 2.25. The van der Waals surface area contributed by atoms with E-state index in [1.807, 2.05) is 0 Å². The van der Waals surface area contributed by atoms with Crippen LogP contribution in [0.15, 0.2) is 0 Å². The number of aliphatic hydroxyl groups is 8. The SMILES string of the molecule is OC[C@H]1O[C@H](O[C@H]2OC(O)[C@H](O)[C@@H](O)[C@@H]2O)[C@H](O)[C@@H](O)[C@@H]1O. The summed E-state index contributed by atoms with van der Waals surface area (Å²) in [5.74, 6) is 0. The van der Waals surface area contributed by atoms with Crippen molar-refractivity contribution in [3.63, 3.8) is 0 Å². The molecule has 0 aromatic rings. The molecule has 0 bridgehead atoms. The van der Waals surface area contributed by atoms with Crippen LogP contribution in [0.25, 0.3) is 0 Å². The molecule has 0 aromatic heterocycles. The molecule has 2 aliphatic rings. The second kappa shape index (κ2) is 6.98. The molecule has 8 N–H and O–H groups in total. The van der Waals surface area contributed by atoms with Gasteiger partial charge in [-0.15, -0.1) is 0 Å². The van der Waals surface area contributed by atoms with Crippen molar-refractivity contribution in [1.29, 1.82) is 0 Å². The number of aliphatic hydroxyl groups excluding tert-OH is 8. The van der Waals surface area contributed by atoms with Crippen molar-refractivity contribution in [3.8, 4) is 0 Å². The molecule has 0 aromatic carbocycles. The maximum Gasteiger partial charge on any atom is 0.192 e. The van der Waals surface area contributed by atoms with E-state index in [0.29, 0.717) is 0 Å². The predicted octanol–water partition coefficient (Wildman–Crippen LogP) is -5.44. The van der Waals surface area contributed by atoms with Crippen molar-refractivity contribution in [2.45, 2.75) is 61.6 Å². The first-order valence-electron chi connectivity index (χ1n) is 6.61. The maximum absolute atomic E-state index is 9.77. The van der Waals surface area contributed by atoms with E-state index >= 15 is 0 Å². The summed E-state index contributed by atoms with van der Waals surface area (Å²) in [6.45, 7) is -0.678. The normalized spacial score (nSPS) is 53.5. The minimum absolute atomic E-state index is 0.678. The number of rotatable bonds is 3. The van der Waals surface area contributed by atoms with Gasteiger partial charge in [-0.05, 0) is 0 Å². The molecule has 0 aliphatic carbocycles. The van der Waals surface area contributed by atoms with Gasteiger partial charge in [0.05, 0.1) is 6.61 Å². The van der Waals surface area contributed by atoms with Crippen LogP contribution >= 0.6 is 0 Å². The quantitative estimate of drug-likeness (QED) is 0.247. The Morgan fingerprint density at radius 3 is 1.68 bits per heavy atom. The molecule has 2 rings (SSSR count). The van der Waals surface area contributed by atoms with Crippen molar-refractivity contribution < 1.29 is 55.1 Å². The molecule has 11 heteroatoms. The molecule has 0 amide bonds. The largest absolute Gasteiger partial charge is 0.394 e. The van der Waals surface area contributed by atoms with Crippen LogP contribution in [0, 0.1) is 0 Å². The van der Waals surface area contributed by atoms with Gasteiger partial charge in [0.15, 0.2) is 18.9 Å². The third-order valence-corrected chi connectivity index (χ3v) is 3.66. The Bertz CT molecular complexity index is 366. The standard InChI is InChI=1S/C11H20O11/c12-1-2-3(13)4(14)7(17)10(20-2)22-11-8(18)5(15)6(16)9(19)21-11/h2-19H,1H2/t2-,3-,4+,5-,6-,7-,8+,9?,10-,11-/m1/s1. The van der Waals surface area contributed by atoms with E-state index in [-0.39, 0.29) is 0 Å². The summed E-state index contributed by atoms with van der Waals surface area (Å²) in [5.41, 5.74) is 0. The van der Waals surface area contributed by atoms with E-state index in [1.54, 1.807) is 0 Å². The first-order chi connectivity index (χ1) is 10.3. The van der Waals surface area contributed by atoms with Crippen molar-refractivity contribution >= 4 is 0 Å². The molecule has 0 spiro atoms.